The number of hydrogen-bond donors (Lipinski definition) is 1. The van der Waals surface area contributed by atoms with Crippen molar-refractivity contribution in [3.63, 3.8) is 0 Å². The summed E-state index contributed by atoms with van der Waals surface area (Å²) in [5, 5.41) is 2.67. The van der Waals surface area contributed by atoms with Crippen LogP contribution in [-0.2, 0) is 19.1 Å². The van der Waals surface area contributed by atoms with Gasteiger partial charge in [0.05, 0.1) is 6.10 Å². The van der Waals surface area contributed by atoms with Crippen molar-refractivity contribution in [2.24, 2.45) is 0 Å². The second kappa shape index (κ2) is 10.4. The molecule has 2 aromatic rings. The van der Waals surface area contributed by atoms with Gasteiger partial charge in [0.2, 0.25) is 0 Å². The fraction of sp³-hybridized carbons (Fsp3) is 0.318. The summed E-state index contributed by atoms with van der Waals surface area (Å²) in [5.41, 5.74) is 1.12. The van der Waals surface area contributed by atoms with Gasteiger partial charge in [-0.2, -0.15) is 0 Å². The minimum atomic E-state index is -0.651. The molecule has 0 bridgehead atoms. The lowest BCUT2D eigenvalue weighted by atomic mass is 10.0. The van der Waals surface area contributed by atoms with Crippen molar-refractivity contribution in [2.75, 3.05) is 26.4 Å². The Bertz CT molecular complexity index is 828. The Labute approximate surface area is 169 Å². The molecule has 1 heterocycles. The van der Waals surface area contributed by atoms with E-state index in [1.807, 2.05) is 6.07 Å². The van der Waals surface area contributed by atoms with Gasteiger partial charge in [0.25, 0.3) is 5.91 Å². The Hall–Kier alpha value is -3.19. The lowest BCUT2D eigenvalue weighted by molar-refractivity contribution is -0.150. The normalized spacial score (nSPS) is 15.5. The van der Waals surface area contributed by atoms with Crippen LogP contribution in [-0.4, -0.2) is 50.1 Å². The smallest absolute Gasteiger partial charge is 0.344 e. The SMILES string of the molecule is O=C(COC(=O)COc1ccc(C(=O)c2ccccc2)cc1)NC[C@H]1CCCO1. The van der Waals surface area contributed by atoms with Gasteiger partial charge in [-0.25, -0.2) is 4.79 Å². The van der Waals surface area contributed by atoms with E-state index in [4.69, 9.17) is 14.2 Å². The summed E-state index contributed by atoms with van der Waals surface area (Å²) in [6, 6.07) is 15.4. The number of carbonyl (C=O) groups is 3. The lowest BCUT2D eigenvalue weighted by Gasteiger charge is -2.11. The van der Waals surface area contributed by atoms with E-state index in [0.717, 1.165) is 12.8 Å². The van der Waals surface area contributed by atoms with Crippen LogP contribution >= 0.6 is 0 Å². The molecule has 1 N–H and O–H groups in total. The van der Waals surface area contributed by atoms with Crippen molar-refractivity contribution >= 4 is 17.7 Å². The predicted octanol–water partition coefficient (Wildman–Crippen LogP) is 2.13. The number of ether oxygens (including phenoxy) is 3. The Morgan fingerprint density at radius 3 is 2.38 bits per heavy atom. The van der Waals surface area contributed by atoms with Gasteiger partial charge in [0, 0.05) is 24.3 Å². The van der Waals surface area contributed by atoms with Crippen LogP contribution in [0.25, 0.3) is 0 Å². The van der Waals surface area contributed by atoms with E-state index < -0.39 is 5.97 Å². The zero-order valence-electron chi connectivity index (χ0n) is 16.0. The Morgan fingerprint density at radius 1 is 0.966 bits per heavy atom. The van der Waals surface area contributed by atoms with Gasteiger partial charge in [-0.05, 0) is 37.1 Å². The largest absolute Gasteiger partial charge is 0.482 e. The van der Waals surface area contributed by atoms with Crippen molar-refractivity contribution in [2.45, 2.75) is 18.9 Å². The zero-order valence-corrected chi connectivity index (χ0v) is 16.0. The summed E-state index contributed by atoms with van der Waals surface area (Å²) < 4.78 is 15.6. The van der Waals surface area contributed by atoms with E-state index in [2.05, 4.69) is 5.32 Å². The van der Waals surface area contributed by atoms with E-state index in [1.165, 1.54) is 0 Å². The molecule has 1 aliphatic rings. The molecular weight excluding hydrogens is 374 g/mol. The standard InChI is InChI=1S/C22H23NO6/c24-20(23-13-19-7-4-12-27-19)14-29-21(25)15-28-18-10-8-17(9-11-18)22(26)16-5-2-1-3-6-16/h1-3,5-6,8-11,19H,4,7,12-15H2,(H,23,24)/t19-/m1/s1. The summed E-state index contributed by atoms with van der Waals surface area (Å²) in [6.07, 6.45) is 1.95. The topological polar surface area (TPSA) is 90.9 Å². The third-order valence-corrected chi connectivity index (χ3v) is 4.42. The first-order valence-electron chi connectivity index (χ1n) is 9.48. The molecule has 29 heavy (non-hydrogen) atoms. The van der Waals surface area contributed by atoms with Crippen molar-refractivity contribution in [1.29, 1.82) is 0 Å². The molecular formula is C22H23NO6. The number of hydrogen-bond acceptors (Lipinski definition) is 6. The van der Waals surface area contributed by atoms with Crippen LogP contribution in [0.2, 0.25) is 0 Å². The number of nitrogens with one attached hydrogen (secondary N) is 1. The summed E-state index contributed by atoms with van der Waals surface area (Å²) in [4.78, 5) is 35.8. The fourth-order valence-corrected chi connectivity index (χ4v) is 2.87. The molecule has 0 unspecified atom stereocenters. The van der Waals surface area contributed by atoms with E-state index in [9.17, 15) is 14.4 Å². The quantitative estimate of drug-likeness (QED) is 0.515. The van der Waals surface area contributed by atoms with Crippen molar-refractivity contribution in [1.82, 2.24) is 5.32 Å². The second-order valence-electron chi connectivity index (χ2n) is 6.61. The minimum absolute atomic E-state index is 0.0368. The average Bonchev–Trinajstić information content (AvgIpc) is 3.29. The monoisotopic (exact) mass is 397 g/mol. The maximum absolute atomic E-state index is 12.3. The molecule has 3 rings (SSSR count). The van der Waals surface area contributed by atoms with Crippen molar-refractivity contribution in [3.8, 4) is 5.75 Å². The molecule has 7 heteroatoms. The van der Waals surface area contributed by atoms with Crippen LogP contribution in [0.1, 0.15) is 28.8 Å². The van der Waals surface area contributed by atoms with Crippen LogP contribution in [0.15, 0.2) is 54.6 Å². The highest BCUT2D eigenvalue weighted by Gasteiger charge is 2.17. The summed E-state index contributed by atoms with van der Waals surface area (Å²) in [5.74, 6) is -0.695. The number of amides is 1. The molecule has 0 radical (unpaired) electrons. The van der Waals surface area contributed by atoms with E-state index in [0.29, 0.717) is 30.0 Å². The van der Waals surface area contributed by atoms with Gasteiger partial charge >= 0.3 is 5.97 Å². The van der Waals surface area contributed by atoms with Gasteiger partial charge in [-0.1, -0.05) is 30.3 Å². The molecule has 0 spiro atoms. The van der Waals surface area contributed by atoms with Gasteiger partial charge in [0.15, 0.2) is 19.0 Å². The van der Waals surface area contributed by atoms with Gasteiger partial charge in [0.1, 0.15) is 5.75 Å². The summed E-state index contributed by atoms with van der Waals surface area (Å²) in [7, 11) is 0. The molecule has 1 saturated heterocycles. The van der Waals surface area contributed by atoms with E-state index in [-0.39, 0.29) is 31.0 Å². The maximum atomic E-state index is 12.3. The van der Waals surface area contributed by atoms with Crippen molar-refractivity contribution in [3.05, 3.63) is 65.7 Å². The lowest BCUT2D eigenvalue weighted by Crippen LogP contribution is -2.35. The molecule has 7 nitrogen and oxygen atoms in total. The third kappa shape index (κ3) is 6.43. The first kappa shape index (κ1) is 20.5. The van der Waals surface area contributed by atoms with E-state index >= 15 is 0 Å². The first-order chi connectivity index (χ1) is 14.1. The predicted molar refractivity (Wildman–Crippen MR) is 105 cm³/mol. The molecule has 0 aromatic heterocycles. The molecule has 1 aliphatic heterocycles. The van der Waals surface area contributed by atoms with Crippen molar-refractivity contribution < 1.29 is 28.6 Å². The highest BCUT2D eigenvalue weighted by molar-refractivity contribution is 6.08. The number of ketones is 1. The van der Waals surface area contributed by atoms with Crippen LogP contribution in [0, 0.1) is 0 Å². The maximum Gasteiger partial charge on any atom is 0.344 e. The van der Waals surface area contributed by atoms with Crippen LogP contribution in [0.3, 0.4) is 0 Å². The Kier molecular flexibility index (Phi) is 7.35. The molecule has 0 saturated carbocycles. The Morgan fingerprint density at radius 2 is 1.69 bits per heavy atom. The summed E-state index contributed by atoms with van der Waals surface area (Å²) in [6.45, 7) is 0.444. The molecule has 2 aromatic carbocycles. The van der Waals surface area contributed by atoms with Gasteiger partial charge in [-0.15, -0.1) is 0 Å². The second-order valence-corrected chi connectivity index (χ2v) is 6.61. The molecule has 152 valence electrons. The molecule has 0 aliphatic carbocycles. The first-order valence-corrected chi connectivity index (χ1v) is 9.48. The van der Waals surface area contributed by atoms with Crippen LogP contribution in [0.4, 0.5) is 0 Å². The number of carbonyl (C=O) groups excluding carboxylic acids is 3. The molecule has 1 atom stereocenters. The number of benzene rings is 2. The number of esters is 1. The number of rotatable bonds is 9. The van der Waals surface area contributed by atoms with Crippen LogP contribution in [0.5, 0.6) is 5.75 Å². The summed E-state index contributed by atoms with van der Waals surface area (Å²) >= 11 is 0. The third-order valence-electron chi connectivity index (χ3n) is 4.42. The fourth-order valence-electron chi connectivity index (χ4n) is 2.87. The van der Waals surface area contributed by atoms with Gasteiger partial charge < -0.3 is 19.5 Å². The minimum Gasteiger partial charge on any atom is -0.482 e. The molecule has 1 amide bonds. The highest BCUT2D eigenvalue weighted by Crippen LogP contribution is 2.15. The highest BCUT2D eigenvalue weighted by atomic mass is 16.6. The molecule has 1 fully saturated rings. The van der Waals surface area contributed by atoms with Crippen LogP contribution < -0.4 is 10.1 Å². The Balaban J connectivity index is 1.37. The zero-order chi connectivity index (χ0) is 20.5. The average molecular weight is 397 g/mol. The van der Waals surface area contributed by atoms with E-state index in [1.54, 1.807) is 48.5 Å². The van der Waals surface area contributed by atoms with Gasteiger partial charge in [-0.3, -0.25) is 9.59 Å².